The first-order valence-electron chi connectivity index (χ1n) is 7.49. The molecule has 1 amide bonds. The molecule has 2 aromatic carbocycles. The highest BCUT2D eigenvalue weighted by Gasteiger charge is 2.17. The van der Waals surface area contributed by atoms with Crippen molar-refractivity contribution in [2.45, 2.75) is 13.5 Å². The van der Waals surface area contributed by atoms with Crippen LogP contribution in [0.1, 0.15) is 21.5 Å². The van der Waals surface area contributed by atoms with Crippen molar-refractivity contribution in [3.8, 4) is 17.2 Å². The molecule has 0 fully saturated rings. The minimum Gasteiger partial charge on any atom is -0.497 e. The van der Waals surface area contributed by atoms with Gasteiger partial charge in [-0.2, -0.15) is 0 Å². The summed E-state index contributed by atoms with van der Waals surface area (Å²) >= 11 is 0. The Morgan fingerprint density at radius 1 is 1.13 bits per heavy atom. The quantitative estimate of drug-likeness (QED) is 0.943. The second-order valence-electron chi connectivity index (χ2n) is 5.34. The van der Waals surface area contributed by atoms with Gasteiger partial charge in [0.25, 0.3) is 5.91 Å². The Hall–Kier alpha value is -2.69. The van der Waals surface area contributed by atoms with E-state index in [0.717, 1.165) is 16.9 Å². The molecule has 1 heterocycles. The number of carbonyl (C=O) groups excluding carboxylic acids is 1. The predicted molar refractivity (Wildman–Crippen MR) is 86.3 cm³/mol. The number of fused-ring (bicyclic) bond motifs is 1. The monoisotopic (exact) mass is 313 g/mol. The van der Waals surface area contributed by atoms with E-state index in [0.29, 0.717) is 36.8 Å². The second-order valence-corrected chi connectivity index (χ2v) is 5.34. The highest BCUT2D eigenvalue weighted by Crippen LogP contribution is 2.32. The fourth-order valence-electron chi connectivity index (χ4n) is 2.46. The van der Waals surface area contributed by atoms with Gasteiger partial charge in [0.1, 0.15) is 19.0 Å². The minimum atomic E-state index is -0.129. The van der Waals surface area contributed by atoms with E-state index < -0.39 is 0 Å². The highest BCUT2D eigenvalue weighted by atomic mass is 16.6. The number of rotatable bonds is 4. The maximum atomic E-state index is 12.4. The highest BCUT2D eigenvalue weighted by molar-refractivity contribution is 5.96. The molecule has 0 aliphatic carbocycles. The summed E-state index contributed by atoms with van der Waals surface area (Å²) in [5, 5.41) is 2.92. The van der Waals surface area contributed by atoms with Gasteiger partial charge >= 0.3 is 0 Å². The number of ether oxygens (including phenoxy) is 3. The van der Waals surface area contributed by atoms with Crippen LogP contribution in [0.15, 0.2) is 36.4 Å². The number of nitrogens with one attached hydrogen (secondary N) is 1. The number of benzene rings is 2. The molecule has 0 aromatic heterocycles. The fraction of sp³-hybridized carbons (Fsp3) is 0.278. The second kappa shape index (κ2) is 6.60. The van der Waals surface area contributed by atoms with Crippen molar-refractivity contribution >= 4 is 5.91 Å². The van der Waals surface area contributed by atoms with Crippen molar-refractivity contribution in [2.75, 3.05) is 20.3 Å². The van der Waals surface area contributed by atoms with E-state index in [1.54, 1.807) is 13.2 Å². The first-order valence-corrected chi connectivity index (χ1v) is 7.49. The Morgan fingerprint density at radius 2 is 1.78 bits per heavy atom. The van der Waals surface area contributed by atoms with Crippen LogP contribution in [0.3, 0.4) is 0 Å². The van der Waals surface area contributed by atoms with Gasteiger partial charge in [0.15, 0.2) is 11.5 Å². The smallest absolute Gasteiger partial charge is 0.251 e. The number of hydrogen-bond acceptors (Lipinski definition) is 4. The van der Waals surface area contributed by atoms with Crippen LogP contribution in [0.25, 0.3) is 0 Å². The molecule has 0 spiro atoms. The molecule has 0 radical (unpaired) electrons. The van der Waals surface area contributed by atoms with E-state index in [-0.39, 0.29) is 5.91 Å². The summed E-state index contributed by atoms with van der Waals surface area (Å²) in [7, 11) is 1.63. The van der Waals surface area contributed by atoms with Gasteiger partial charge in [-0.05, 0) is 42.3 Å². The molecule has 1 aliphatic rings. The maximum absolute atomic E-state index is 12.4. The lowest BCUT2D eigenvalue weighted by molar-refractivity contribution is 0.0949. The van der Waals surface area contributed by atoms with E-state index in [9.17, 15) is 4.79 Å². The molecule has 0 bridgehead atoms. The zero-order valence-electron chi connectivity index (χ0n) is 13.2. The Labute approximate surface area is 135 Å². The SMILES string of the molecule is COc1ccc(CNC(=O)c2cc3c(cc2C)OCCO3)cc1. The van der Waals surface area contributed by atoms with Gasteiger partial charge in [-0.1, -0.05) is 12.1 Å². The maximum Gasteiger partial charge on any atom is 0.251 e. The summed E-state index contributed by atoms with van der Waals surface area (Å²) in [4.78, 5) is 12.4. The van der Waals surface area contributed by atoms with E-state index >= 15 is 0 Å². The Bertz CT molecular complexity index is 710. The fourth-order valence-corrected chi connectivity index (χ4v) is 2.46. The van der Waals surface area contributed by atoms with Gasteiger partial charge in [-0.15, -0.1) is 0 Å². The summed E-state index contributed by atoms with van der Waals surface area (Å²) < 4.78 is 16.2. The summed E-state index contributed by atoms with van der Waals surface area (Å²) in [6, 6.07) is 11.2. The number of aryl methyl sites for hydroxylation is 1. The average molecular weight is 313 g/mol. The molecule has 5 nitrogen and oxygen atoms in total. The standard InChI is InChI=1S/C18H19NO4/c1-12-9-16-17(23-8-7-22-16)10-15(12)18(20)19-11-13-3-5-14(21-2)6-4-13/h3-6,9-10H,7-8,11H2,1-2H3,(H,19,20). The van der Waals surface area contributed by atoms with Gasteiger partial charge in [0.2, 0.25) is 0 Å². The molecule has 23 heavy (non-hydrogen) atoms. The third-order valence-electron chi connectivity index (χ3n) is 3.75. The molecule has 1 aliphatic heterocycles. The van der Waals surface area contributed by atoms with Crippen molar-refractivity contribution in [3.63, 3.8) is 0 Å². The molecule has 2 aromatic rings. The van der Waals surface area contributed by atoms with Crippen LogP contribution >= 0.6 is 0 Å². The summed E-state index contributed by atoms with van der Waals surface area (Å²) in [6.07, 6.45) is 0. The van der Waals surface area contributed by atoms with Crippen molar-refractivity contribution in [2.24, 2.45) is 0 Å². The lowest BCUT2D eigenvalue weighted by Gasteiger charge is -2.20. The lowest BCUT2D eigenvalue weighted by Crippen LogP contribution is -2.24. The summed E-state index contributed by atoms with van der Waals surface area (Å²) in [5.41, 5.74) is 2.47. The normalized spacial score (nSPS) is 12.6. The van der Waals surface area contributed by atoms with Crippen molar-refractivity contribution in [1.82, 2.24) is 5.32 Å². The third kappa shape index (κ3) is 3.39. The van der Waals surface area contributed by atoms with Crippen LogP contribution in [-0.4, -0.2) is 26.2 Å². The Kier molecular flexibility index (Phi) is 4.37. The molecular formula is C18H19NO4. The van der Waals surface area contributed by atoms with Crippen LogP contribution in [0.4, 0.5) is 0 Å². The van der Waals surface area contributed by atoms with Gasteiger partial charge in [-0.3, -0.25) is 4.79 Å². The number of methoxy groups -OCH3 is 1. The van der Waals surface area contributed by atoms with Gasteiger partial charge < -0.3 is 19.5 Å². The summed E-state index contributed by atoms with van der Waals surface area (Å²) in [6.45, 7) is 3.38. The van der Waals surface area contributed by atoms with Crippen LogP contribution in [0.2, 0.25) is 0 Å². The Morgan fingerprint density at radius 3 is 2.43 bits per heavy atom. The van der Waals surface area contributed by atoms with E-state index in [2.05, 4.69) is 5.32 Å². The molecule has 5 heteroatoms. The number of carbonyl (C=O) groups is 1. The van der Waals surface area contributed by atoms with E-state index in [4.69, 9.17) is 14.2 Å². The van der Waals surface area contributed by atoms with Crippen LogP contribution in [0.5, 0.6) is 17.2 Å². The summed E-state index contributed by atoms with van der Waals surface area (Å²) in [5.74, 6) is 1.98. The zero-order valence-corrected chi connectivity index (χ0v) is 13.2. The first kappa shape index (κ1) is 15.2. The first-order chi connectivity index (χ1) is 11.2. The van der Waals surface area contributed by atoms with Gasteiger partial charge in [-0.25, -0.2) is 0 Å². The minimum absolute atomic E-state index is 0.129. The van der Waals surface area contributed by atoms with Crippen molar-refractivity contribution in [1.29, 1.82) is 0 Å². The van der Waals surface area contributed by atoms with Crippen LogP contribution in [-0.2, 0) is 6.54 Å². The number of amides is 1. The predicted octanol–water partition coefficient (Wildman–Crippen LogP) is 2.70. The van der Waals surface area contributed by atoms with Crippen molar-refractivity contribution < 1.29 is 19.0 Å². The lowest BCUT2D eigenvalue weighted by atomic mass is 10.1. The van der Waals surface area contributed by atoms with Gasteiger partial charge in [0.05, 0.1) is 7.11 Å². The van der Waals surface area contributed by atoms with Crippen LogP contribution in [0, 0.1) is 6.92 Å². The van der Waals surface area contributed by atoms with Gasteiger partial charge in [0, 0.05) is 12.1 Å². The van der Waals surface area contributed by atoms with E-state index in [1.165, 1.54) is 0 Å². The average Bonchev–Trinajstić information content (AvgIpc) is 2.59. The zero-order chi connectivity index (χ0) is 16.2. The van der Waals surface area contributed by atoms with Crippen molar-refractivity contribution in [3.05, 3.63) is 53.1 Å². The molecular weight excluding hydrogens is 294 g/mol. The number of hydrogen-bond donors (Lipinski definition) is 1. The largest absolute Gasteiger partial charge is 0.497 e. The van der Waals surface area contributed by atoms with Crippen LogP contribution < -0.4 is 19.5 Å². The molecule has 3 rings (SSSR count). The molecule has 0 unspecified atom stereocenters. The topological polar surface area (TPSA) is 56.8 Å². The molecule has 1 N–H and O–H groups in total. The third-order valence-corrected chi connectivity index (χ3v) is 3.75. The molecule has 0 saturated heterocycles. The molecule has 120 valence electrons. The molecule has 0 atom stereocenters. The van der Waals surface area contributed by atoms with E-state index in [1.807, 2.05) is 37.3 Å². The molecule has 0 saturated carbocycles. The Balaban J connectivity index is 1.70.